The van der Waals surface area contributed by atoms with Gasteiger partial charge >= 0.3 is 0 Å². The van der Waals surface area contributed by atoms with Gasteiger partial charge in [0.2, 0.25) is 5.91 Å². The Morgan fingerprint density at radius 3 is 2.54 bits per heavy atom. The molecule has 0 aliphatic rings. The standard InChI is InChI=1S/C19H22ClN3O2S/c1-4-23(19(26)22-15-10-7-8-14(20)13(15)2)12-18(24)21-16-9-5-6-11-17(16)25-3/h5-11H,4,12H2,1-3H3,(H,21,24)(H,22,26). The zero-order valence-electron chi connectivity index (χ0n) is 15.0. The minimum absolute atomic E-state index is 0.125. The normalized spacial score (nSPS) is 10.2. The lowest BCUT2D eigenvalue weighted by Gasteiger charge is -2.24. The molecule has 0 aliphatic heterocycles. The lowest BCUT2D eigenvalue weighted by molar-refractivity contribution is -0.116. The highest BCUT2D eigenvalue weighted by Crippen LogP contribution is 2.24. The van der Waals surface area contributed by atoms with Crippen LogP contribution in [0.4, 0.5) is 11.4 Å². The number of benzene rings is 2. The molecule has 0 saturated heterocycles. The number of thiocarbonyl (C=S) groups is 1. The summed E-state index contributed by atoms with van der Waals surface area (Å²) < 4.78 is 5.25. The fourth-order valence-electron chi connectivity index (χ4n) is 2.38. The summed E-state index contributed by atoms with van der Waals surface area (Å²) >= 11 is 11.6. The summed E-state index contributed by atoms with van der Waals surface area (Å²) in [5, 5.41) is 7.14. The topological polar surface area (TPSA) is 53.6 Å². The minimum Gasteiger partial charge on any atom is -0.495 e. The number of rotatable bonds is 6. The van der Waals surface area contributed by atoms with Crippen molar-refractivity contribution in [2.45, 2.75) is 13.8 Å². The largest absolute Gasteiger partial charge is 0.495 e. The minimum atomic E-state index is -0.177. The summed E-state index contributed by atoms with van der Waals surface area (Å²) in [7, 11) is 1.57. The van der Waals surface area contributed by atoms with Gasteiger partial charge in [0.15, 0.2) is 5.11 Å². The van der Waals surface area contributed by atoms with Crippen LogP contribution in [0.2, 0.25) is 5.02 Å². The van der Waals surface area contributed by atoms with Gasteiger partial charge in [-0.3, -0.25) is 4.79 Å². The van der Waals surface area contributed by atoms with Crippen LogP contribution in [-0.2, 0) is 4.79 Å². The molecule has 1 amide bonds. The monoisotopic (exact) mass is 391 g/mol. The van der Waals surface area contributed by atoms with Gasteiger partial charge in [-0.05, 0) is 55.9 Å². The van der Waals surface area contributed by atoms with E-state index >= 15 is 0 Å². The molecule has 138 valence electrons. The van der Waals surface area contributed by atoms with Crippen LogP contribution in [-0.4, -0.2) is 36.1 Å². The third kappa shape index (κ3) is 5.09. The number of hydrogen-bond acceptors (Lipinski definition) is 3. The Balaban J connectivity index is 2.02. The Hall–Kier alpha value is -2.31. The molecule has 0 radical (unpaired) electrons. The second-order valence-electron chi connectivity index (χ2n) is 5.61. The highest BCUT2D eigenvalue weighted by molar-refractivity contribution is 7.80. The molecule has 0 unspecified atom stereocenters. The zero-order chi connectivity index (χ0) is 19.1. The molecule has 0 fully saturated rings. The second-order valence-corrected chi connectivity index (χ2v) is 6.40. The maximum Gasteiger partial charge on any atom is 0.244 e. The Bertz CT molecular complexity index is 798. The van der Waals surface area contributed by atoms with E-state index in [-0.39, 0.29) is 12.5 Å². The Morgan fingerprint density at radius 2 is 1.85 bits per heavy atom. The lowest BCUT2D eigenvalue weighted by Crippen LogP contribution is -2.40. The Labute approximate surface area is 164 Å². The van der Waals surface area contributed by atoms with E-state index in [0.29, 0.717) is 28.1 Å². The van der Waals surface area contributed by atoms with Crippen LogP contribution in [0.1, 0.15) is 12.5 Å². The number of hydrogen-bond donors (Lipinski definition) is 2. The van der Waals surface area contributed by atoms with Gasteiger partial charge in [-0.2, -0.15) is 0 Å². The lowest BCUT2D eigenvalue weighted by atomic mass is 10.2. The van der Waals surface area contributed by atoms with Crippen LogP contribution in [0, 0.1) is 6.92 Å². The SMILES string of the molecule is CCN(CC(=O)Nc1ccccc1OC)C(=S)Nc1cccc(Cl)c1C. The second kappa shape index (κ2) is 9.40. The van der Waals surface area contributed by atoms with Crippen LogP contribution in [0.25, 0.3) is 0 Å². The molecule has 0 aromatic heterocycles. The van der Waals surface area contributed by atoms with Crippen LogP contribution >= 0.6 is 23.8 Å². The number of methoxy groups -OCH3 is 1. The van der Waals surface area contributed by atoms with Crippen LogP contribution < -0.4 is 15.4 Å². The van der Waals surface area contributed by atoms with Crippen molar-refractivity contribution in [3.05, 3.63) is 53.1 Å². The quantitative estimate of drug-likeness (QED) is 0.718. The first kappa shape index (κ1) is 20.0. The molecular formula is C19H22ClN3O2S. The van der Waals surface area contributed by atoms with E-state index in [4.69, 9.17) is 28.6 Å². The van der Waals surface area contributed by atoms with Crippen molar-refractivity contribution in [2.24, 2.45) is 0 Å². The zero-order valence-corrected chi connectivity index (χ0v) is 16.6. The van der Waals surface area contributed by atoms with Gasteiger partial charge in [-0.1, -0.05) is 29.8 Å². The number of nitrogens with zero attached hydrogens (tertiary/aromatic N) is 1. The Morgan fingerprint density at radius 1 is 1.15 bits per heavy atom. The number of ether oxygens (including phenoxy) is 1. The van der Waals surface area contributed by atoms with Crippen molar-refractivity contribution < 1.29 is 9.53 Å². The summed E-state index contributed by atoms with van der Waals surface area (Å²) in [5.74, 6) is 0.433. The molecule has 0 spiro atoms. The molecule has 0 saturated carbocycles. The fraction of sp³-hybridized carbons (Fsp3) is 0.263. The summed E-state index contributed by atoms with van der Waals surface area (Å²) in [6.07, 6.45) is 0. The number of anilines is 2. The van der Waals surface area contributed by atoms with Crippen LogP contribution in [0.5, 0.6) is 5.75 Å². The van der Waals surface area contributed by atoms with E-state index in [0.717, 1.165) is 11.3 Å². The summed E-state index contributed by atoms with van der Waals surface area (Å²) in [4.78, 5) is 14.2. The van der Waals surface area contributed by atoms with Crippen molar-refractivity contribution >= 4 is 46.2 Å². The van der Waals surface area contributed by atoms with Crippen molar-refractivity contribution in [3.8, 4) is 5.75 Å². The molecule has 2 aromatic carbocycles. The molecule has 26 heavy (non-hydrogen) atoms. The van der Waals surface area contributed by atoms with Gasteiger partial charge < -0.3 is 20.3 Å². The van der Waals surface area contributed by atoms with E-state index < -0.39 is 0 Å². The summed E-state index contributed by atoms with van der Waals surface area (Å²) in [5.41, 5.74) is 2.36. The van der Waals surface area contributed by atoms with E-state index in [1.807, 2.05) is 44.2 Å². The third-order valence-electron chi connectivity index (χ3n) is 3.89. The van der Waals surface area contributed by atoms with Crippen LogP contribution in [0.15, 0.2) is 42.5 Å². The maximum atomic E-state index is 12.4. The van der Waals surface area contributed by atoms with Crippen molar-refractivity contribution in [1.29, 1.82) is 0 Å². The molecule has 0 aliphatic carbocycles. The first-order chi connectivity index (χ1) is 12.5. The first-order valence-electron chi connectivity index (χ1n) is 8.20. The first-order valence-corrected chi connectivity index (χ1v) is 8.98. The summed E-state index contributed by atoms with van der Waals surface area (Å²) in [6, 6.07) is 12.8. The molecule has 2 aromatic rings. The van der Waals surface area contributed by atoms with Gasteiger partial charge in [0.25, 0.3) is 0 Å². The molecule has 7 heteroatoms. The van der Waals surface area contributed by atoms with E-state index in [9.17, 15) is 4.79 Å². The average Bonchev–Trinajstić information content (AvgIpc) is 2.63. The van der Waals surface area contributed by atoms with Gasteiger partial charge in [0, 0.05) is 17.3 Å². The van der Waals surface area contributed by atoms with Gasteiger partial charge in [0.05, 0.1) is 19.3 Å². The van der Waals surface area contributed by atoms with Gasteiger partial charge in [-0.15, -0.1) is 0 Å². The van der Waals surface area contributed by atoms with Crippen molar-refractivity contribution in [3.63, 3.8) is 0 Å². The maximum absolute atomic E-state index is 12.4. The molecule has 0 heterocycles. The average molecular weight is 392 g/mol. The Kier molecular flexibility index (Phi) is 7.24. The number of carbonyl (C=O) groups is 1. The number of likely N-dealkylation sites (N-methyl/N-ethyl adjacent to an activating group) is 1. The predicted molar refractivity (Wildman–Crippen MR) is 111 cm³/mol. The number of amides is 1. The molecule has 2 rings (SSSR count). The van der Waals surface area contributed by atoms with Crippen LogP contribution in [0.3, 0.4) is 0 Å². The number of nitrogens with one attached hydrogen (secondary N) is 2. The third-order valence-corrected chi connectivity index (χ3v) is 4.66. The summed E-state index contributed by atoms with van der Waals surface area (Å²) in [6.45, 7) is 4.57. The predicted octanol–water partition coefficient (Wildman–Crippen LogP) is 4.31. The van der Waals surface area contributed by atoms with E-state index in [2.05, 4.69) is 10.6 Å². The molecule has 0 atom stereocenters. The van der Waals surface area contributed by atoms with Crippen molar-refractivity contribution in [1.82, 2.24) is 4.90 Å². The smallest absolute Gasteiger partial charge is 0.244 e. The van der Waals surface area contributed by atoms with Gasteiger partial charge in [-0.25, -0.2) is 0 Å². The number of para-hydroxylation sites is 2. The molecule has 2 N–H and O–H groups in total. The molecule has 5 nitrogen and oxygen atoms in total. The van der Waals surface area contributed by atoms with Crippen molar-refractivity contribution in [2.75, 3.05) is 30.8 Å². The number of carbonyl (C=O) groups excluding carboxylic acids is 1. The molecule has 0 bridgehead atoms. The number of halogens is 1. The highest BCUT2D eigenvalue weighted by atomic mass is 35.5. The van der Waals surface area contributed by atoms with E-state index in [1.165, 1.54) is 0 Å². The highest BCUT2D eigenvalue weighted by Gasteiger charge is 2.15. The fourth-order valence-corrected chi connectivity index (χ4v) is 2.85. The molecular weight excluding hydrogens is 370 g/mol. The van der Waals surface area contributed by atoms with E-state index in [1.54, 1.807) is 24.1 Å². The van der Waals surface area contributed by atoms with Gasteiger partial charge in [0.1, 0.15) is 5.75 Å².